The number of amides is 1. The van der Waals surface area contributed by atoms with E-state index in [1.165, 1.54) is 16.2 Å². The highest BCUT2D eigenvalue weighted by atomic mass is 35.5. The molecule has 0 saturated carbocycles. The molecule has 0 bridgehead atoms. The Kier molecular flexibility index (Phi) is 8.43. The van der Waals surface area contributed by atoms with Crippen LogP contribution in [-0.2, 0) is 16.0 Å². The van der Waals surface area contributed by atoms with Gasteiger partial charge in [0, 0.05) is 23.1 Å². The first-order valence-corrected chi connectivity index (χ1v) is 10.4. The van der Waals surface area contributed by atoms with Crippen molar-refractivity contribution in [2.45, 2.75) is 45.1 Å². The Morgan fingerprint density at radius 3 is 2.96 bits per heavy atom. The van der Waals surface area contributed by atoms with Crippen LogP contribution in [0.15, 0.2) is 11.6 Å². The molecule has 6 nitrogen and oxygen atoms in total. The van der Waals surface area contributed by atoms with E-state index in [1.807, 2.05) is 25.4 Å². The lowest BCUT2D eigenvalue weighted by molar-refractivity contribution is -0.115. The molecular weight excluding hydrogens is 392 g/mol. The van der Waals surface area contributed by atoms with Crippen molar-refractivity contribution in [3.8, 4) is 0 Å². The van der Waals surface area contributed by atoms with Gasteiger partial charge in [-0.3, -0.25) is 4.79 Å². The third kappa shape index (κ3) is 5.72. The zero-order valence-electron chi connectivity index (χ0n) is 15.0. The van der Waals surface area contributed by atoms with Crippen LogP contribution in [0.25, 0.3) is 0 Å². The van der Waals surface area contributed by atoms with Gasteiger partial charge in [0.25, 0.3) is 0 Å². The van der Waals surface area contributed by atoms with Gasteiger partial charge in [0.05, 0.1) is 12.1 Å². The van der Waals surface area contributed by atoms with Crippen molar-refractivity contribution in [2.75, 3.05) is 25.0 Å². The molecule has 2 aromatic heterocycles. The molecule has 1 atom stereocenters. The quantitative estimate of drug-likeness (QED) is 0.718. The Bertz CT molecular complexity index is 701. The van der Waals surface area contributed by atoms with E-state index in [0.29, 0.717) is 17.7 Å². The van der Waals surface area contributed by atoms with Crippen LogP contribution < -0.4 is 10.6 Å². The highest BCUT2D eigenvalue weighted by Gasteiger charge is 2.19. The van der Waals surface area contributed by atoms with Crippen LogP contribution in [0.2, 0.25) is 0 Å². The smallest absolute Gasteiger partial charge is 0.232 e. The van der Waals surface area contributed by atoms with E-state index in [1.54, 1.807) is 11.3 Å². The molecule has 1 unspecified atom stereocenters. The number of ether oxygens (including phenoxy) is 1. The van der Waals surface area contributed by atoms with Gasteiger partial charge in [0.2, 0.25) is 5.91 Å². The van der Waals surface area contributed by atoms with Crippen LogP contribution in [0.5, 0.6) is 0 Å². The Hall–Kier alpha value is -1.06. The van der Waals surface area contributed by atoms with Crippen molar-refractivity contribution in [3.05, 3.63) is 27.2 Å². The predicted molar refractivity (Wildman–Crippen MR) is 109 cm³/mol. The van der Waals surface area contributed by atoms with E-state index >= 15 is 0 Å². The third-order valence-corrected chi connectivity index (χ3v) is 6.32. The molecule has 26 heavy (non-hydrogen) atoms. The van der Waals surface area contributed by atoms with Gasteiger partial charge in [-0.05, 0) is 45.7 Å². The van der Waals surface area contributed by atoms with Gasteiger partial charge < -0.3 is 15.4 Å². The van der Waals surface area contributed by atoms with Gasteiger partial charge in [0.1, 0.15) is 11.1 Å². The number of halogens is 1. The average Bonchev–Trinajstić information content (AvgIpc) is 3.25. The minimum Gasteiger partial charge on any atom is -0.372 e. The standard InChI is InChI=1S/C17H24N4O2S2.ClH/c1-3-23-11(2)16-20-13(10-24-16)8-15(22)21-17-19-9-14(25-17)12-4-6-18-7-5-12;/h9-12,18H,3-8H2,1-2H3,(H,19,21,22);1H. The Labute approximate surface area is 168 Å². The molecular formula is C17H25ClN4O2S2. The molecule has 0 aliphatic carbocycles. The largest absolute Gasteiger partial charge is 0.372 e. The molecule has 1 fully saturated rings. The molecule has 3 heterocycles. The summed E-state index contributed by atoms with van der Waals surface area (Å²) < 4.78 is 5.54. The van der Waals surface area contributed by atoms with Crippen LogP contribution in [0.3, 0.4) is 0 Å². The number of thiazole rings is 2. The SMILES string of the molecule is CCOC(C)c1nc(CC(=O)Nc2ncc(C3CCNCC3)s2)cs1.Cl. The summed E-state index contributed by atoms with van der Waals surface area (Å²) in [4.78, 5) is 22.4. The number of anilines is 1. The van der Waals surface area contributed by atoms with Crippen LogP contribution in [-0.4, -0.2) is 35.6 Å². The van der Waals surface area contributed by atoms with E-state index in [9.17, 15) is 4.79 Å². The number of nitrogens with zero attached hydrogens (tertiary/aromatic N) is 2. The first kappa shape index (κ1) is 21.2. The van der Waals surface area contributed by atoms with E-state index in [2.05, 4.69) is 20.6 Å². The summed E-state index contributed by atoms with van der Waals surface area (Å²) >= 11 is 3.12. The number of hydrogen-bond donors (Lipinski definition) is 2. The van der Waals surface area contributed by atoms with Gasteiger partial charge in [0.15, 0.2) is 5.13 Å². The fourth-order valence-corrected chi connectivity index (χ4v) is 4.70. The summed E-state index contributed by atoms with van der Waals surface area (Å²) in [5, 5.41) is 9.78. The molecule has 2 N–H and O–H groups in total. The molecule has 1 amide bonds. The van der Waals surface area contributed by atoms with E-state index < -0.39 is 0 Å². The Morgan fingerprint density at radius 2 is 2.23 bits per heavy atom. The number of carbonyl (C=O) groups is 1. The molecule has 0 spiro atoms. The summed E-state index contributed by atoms with van der Waals surface area (Å²) in [6, 6.07) is 0. The van der Waals surface area contributed by atoms with E-state index in [0.717, 1.165) is 36.6 Å². The molecule has 2 aromatic rings. The Balaban J connectivity index is 0.00000243. The van der Waals surface area contributed by atoms with Gasteiger partial charge >= 0.3 is 0 Å². The zero-order valence-corrected chi connectivity index (χ0v) is 17.4. The molecule has 144 valence electrons. The lowest BCUT2D eigenvalue weighted by Crippen LogP contribution is -2.26. The van der Waals surface area contributed by atoms with Crippen molar-refractivity contribution in [1.29, 1.82) is 0 Å². The number of nitrogens with one attached hydrogen (secondary N) is 2. The number of aromatic nitrogens is 2. The topological polar surface area (TPSA) is 76.1 Å². The van der Waals surface area contributed by atoms with E-state index in [4.69, 9.17) is 4.74 Å². The van der Waals surface area contributed by atoms with Gasteiger partial charge in [-0.25, -0.2) is 9.97 Å². The molecule has 1 saturated heterocycles. The Morgan fingerprint density at radius 1 is 1.46 bits per heavy atom. The van der Waals surface area contributed by atoms with Crippen LogP contribution in [0, 0.1) is 0 Å². The van der Waals surface area contributed by atoms with Crippen molar-refractivity contribution in [1.82, 2.24) is 15.3 Å². The lowest BCUT2D eigenvalue weighted by Gasteiger charge is -2.20. The van der Waals surface area contributed by atoms with Crippen molar-refractivity contribution < 1.29 is 9.53 Å². The summed E-state index contributed by atoms with van der Waals surface area (Å²) in [5.74, 6) is 0.484. The highest BCUT2D eigenvalue weighted by Crippen LogP contribution is 2.31. The number of piperidine rings is 1. The van der Waals surface area contributed by atoms with Crippen LogP contribution in [0.4, 0.5) is 5.13 Å². The maximum atomic E-state index is 12.3. The van der Waals surface area contributed by atoms with Crippen molar-refractivity contribution >= 4 is 46.1 Å². The van der Waals surface area contributed by atoms with Crippen molar-refractivity contribution in [2.24, 2.45) is 0 Å². The monoisotopic (exact) mass is 416 g/mol. The average molecular weight is 417 g/mol. The summed E-state index contributed by atoms with van der Waals surface area (Å²) in [7, 11) is 0. The second-order valence-electron chi connectivity index (χ2n) is 6.09. The molecule has 0 aromatic carbocycles. The first-order chi connectivity index (χ1) is 12.2. The fraction of sp³-hybridized carbons (Fsp3) is 0.588. The molecule has 0 radical (unpaired) electrons. The molecule has 3 rings (SSSR count). The lowest BCUT2D eigenvalue weighted by atomic mass is 9.97. The minimum atomic E-state index is -0.0767. The van der Waals surface area contributed by atoms with Gasteiger partial charge in [-0.1, -0.05) is 0 Å². The normalized spacial score (nSPS) is 16.1. The number of carbonyl (C=O) groups excluding carboxylic acids is 1. The summed E-state index contributed by atoms with van der Waals surface area (Å²) in [5.41, 5.74) is 0.777. The van der Waals surface area contributed by atoms with Gasteiger partial charge in [-0.15, -0.1) is 35.1 Å². The highest BCUT2D eigenvalue weighted by molar-refractivity contribution is 7.15. The second-order valence-corrected chi connectivity index (χ2v) is 8.04. The maximum Gasteiger partial charge on any atom is 0.232 e. The minimum absolute atomic E-state index is 0. The predicted octanol–water partition coefficient (Wildman–Crippen LogP) is 3.77. The number of rotatable bonds is 7. The van der Waals surface area contributed by atoms with Gasteiger partial charge in [-0.2, -0.15) is 0 Å². The molecule has 9 heteroatoms. The maximum absolute atomic E-state index is 12.3. The number of hydrogen-bond acceptors (Lipinski definition) is 7. The molecule has 1 aliphatic heterocycles. The van der Waals surface area contributed by atoms with Crippen molar-refractivity contribution in [3.63, 3.8) is 0 Å². The zero-order chi connectivity index (χ0) is 17.6. The van der Waals surface area contributed by atoms with Crippen LogP contribution in [0.1, 0.15) is 54.3 Å². The third-order valence-electron chi connectivity index (χ3n) is 4.19. The van der Waals surface area contributed by atoms with Crippen LogP contribution >= 0.6 is 35.1 Å². The van der Waals surface area contributed by atoms with E-state index in [-0.39, 0.29) is 30.8 Å². The molecule has 1 aliphatic rings. The summed E-state index contributed by atoms with van der Waals surface area (Å²) in [6.07, 6.45) is 4.40. The summed E-state index contributed by atoms with van der Waals surface area (Å²) in [6.45, 7) is 6.70. The first-order valence-electron chi connectivity index (χ1n) is 8.68. The fourth-order valence-electron chi connectivity index (χ4n) is 2.88. The second kappa shape index (κ2) is 10.3.